The standard InChI is InChI=1S/C23H22BrNO3/c1-17-10-11-22(21(24)14-17)28-16-23(26)25-19-8-5-9-20(15-19)27-13-12-18-6-3-2-4-7-18/h2-11,14-15H,12-13,16H2,1H3,(H,25,26). The molecule has 0 saturated heterocycles. The fourth-order valence-electron chi connectivity index (χ4n) is 2.66. The van der Waals surface area contributed by atoms with Crippen LogP contribution in [0.5, 0.6) is 11.5 Å². The van der Waals surface area contributed by atoms with E-state index in [9.17, 15) is 4.79 Å². The number of halogens is 1. The summed E-state index contributed by atoms with van der Waals surface area (Å²) in [5.41, 5.74) is 3.02. The second kappa shape index (κ2) is 9.95. The van der Waals surface area contributed by atoms with Crippen LogP contribution < -0.4 is 14.8 Å². The van der Waals surface area contributed by atoms with Gasteiger partial charge in [0.1, 0.15) is 11.5 Å². The number of aryl methyl sites for hydroxylation is 1. The maximum absolute atomic E-state index is 12.2. The highest BCUT2D eigenvalue weighted by Gasteiger charge is 2.07. The summed E-state index contributed by atoms with van der Waals surface area (Å²) >= 11 is 3.44. The molecule has 0 unspecified atom stereocenters. The Hall–Kier alpha value is -2.79. The number of hydrogen-bond donors (Lipinski definition) is 1. The van der Waals surface area contributed by atoms with Gasteiger partial charge in [-0.05, 0) is 58.2 Å². The van der Waals surface area contributed by atoms with E-state index in [-0.39, 0.29) is 12.5 Å². The van der Waals surface area contributed by atoms with Crippen molar-refractivity contribution in [1.82, 2.24) is 0 Å². The summed E-state index contributed by atoms with van der Waals surface area (Å²) in [6, 6.07) is 23.3. The number of amides is 1. The maximum Gasteiger partial charge on any atom is 0.262 e. The monoisotopic (exact) mass is 439 g/mol. The van der Waals surface area contributed by atoms with Gasteiger partial charge in [0.2, 0.25) is 0 Å². The molecule has 0 aromatic heterocycles. The molecule has 0 aliphatic heterocycles. The van der Waals surface area contributed by atoms with Crippen LogP contribution in [0.25, 0.3) is 0 Å². The number of rotatable bonds is 8. The molecule has 3 aromatic carbocycles. The zero-order chi connectivity index (χ0) is 19.8. The third-order valence-corrected chi connectivity index (χ3v) is 4.69. The second-order valence-corrected chi connectivity index (χ2v) is 7.24. The van der Waals surface area contributed by atoms with Crippen LogP contribution in [-0.2, 0) is 11.2 Å². The topological polar surface area (TPSA) is 47.6 Å². The van der Waals surface area contributed by atoms with Crippen LogP contribution in [0.15, 0.2) is 77.3 Å². The molecule has 4 nitrogen and oxygen atoms in total. The molecule has 0 atom stereocenters. The number of carbonyl (C=O) groups is 1. The van der Waals surface area contributed by atoms with Gasteiger partial charge in [-0.2, -0.15) is 0 Å². The molecular formula is C23H22BrNO3. The van der Waals surface area contributed by atoms with Crippen molar-refractivity contribution in [2.45, 2.75) is 13.3 Å². The number of anilines is 1. The van der Waals surface area contributed by atoms with Crippen molar-refractivity contribution in [2.24, 2.45) is 0 Å². The molecule has 0 aliphatic carbocycles. The lowest BCUT2D eigenvalue weighted by molar-refractivity contribution is -0.118. The quantitative estimate of drug-likeness (QED) is 0.511. The first-order valence-corrected chi connectivity index (χ1v) is 9.85. The lowest BCUT2D eigenvalue weighted by atomic mass is 10.2. The van der Waals surface area contributed by atoms with Crippen LogP contribution in [-0.4, -0.2) is 19.1 Å². The number of benzene rings is 3. The molecule has 0 aliphatic rings. The van der Waals surface area contributed by atoms with Gasteiger partial charge in [-0.25, -0.2) is 0 Å². The molecule has 28 heavy (non-hydrogen) atoms. The van der Waals surface area contributed by atoms with Crippen molar-refractivity contribution in [1.29, 1.82) is 0 Å². The molecule has 1 N–H and O–H groups in total. The zero-order valence-electron chi connectivity index (χ0n) is 15.7. The molecule has 1 amide bonds. The summed E-state index contributed by atoms with van der Waals surface area (Å²) in [7, 11) is 0. The summed E-state index contributed by atoms with van der Waals surface area (Å²) in [6.07, 6.45) is 0.830. The van der Waals surface area contributed by atoms with Crippen molar-refractivity contribution in [2.75, 3.05) is 18.5 Å². The van der Waals surface area contributed by atoms with E-state index in [0.29, 0.717) is 18.0 Å². The van der Waals surface area contributed by atoms with E-state index in [1.165, 1.54) is 5.56 Å². The Morgan fingerprint density at radius 2 is 1.79 bits per heavy atom. The van der Waals surface area contributed by atoms with Gasteiger partial charge in [0.15, 0.2) is 6.61 Å². The minimum atomic E-state index is -0.228. The molecule has 0 radical (unpaired) electrons. The highest BCUT2D eigenvalue weighted by molar-refractivity contribution is 9.10. The normalized spacial score (nSPS) is 10.4. The van der Waals surface area contributed by atoms with Crippen molar-refractivity contribution < 1.29 is 14.3 Å². The zero-order valence-corrected chi connectivity index (χ0v) is 17.2. The Labute approximate surface area is 173 Å². The van der Waals surface area contributed by atoms with Crippen molar-refractivity contribution in [3.05, 3.63) is 88.4 Å². The van der Waals surface area contributed by atoms with E-state index in [1.807, 2.05) is 67.6 Å². The molecule has 0 spiro atoms. The molecule has 5 heteroatoms. The van der Waals surface area contributed by atoms with Crippen LogP contribution in [0, 0.1) is 6.92 Å². The molecule has 3 aromatic rings. The Balaban J connectivity index is 1.48. The lowest BCUT2D eigenvalue weighted by Gasteiger charge is -2.11. The molecule has 0 bridgehead atoms. The maximum atomic E-state index is 12.2. The third-order valence-electron chi connectivity index (χ3n) is 4.07. The van der Waals surface area contributed by atoms with Crippen LogP contribution >= 0.6 is 15.9 Å². The number of hydrogen-bond acceptors (Lipinski definition) is 3. The Kier molecular flexibility index (Phi) is 7.09. The van der Waals surface area contributed by atoms with Crippen molar-refractivity contribution >= 4 is 27.5 Å². The Morgan fingerprint density at radius 3 is 2.57 bits per heavy atom. The minimum absolute atomic E-state index is 0.0687. The first kappa shape index (κ1) is 20.0. The van der Waals surface area contributed by atoms with Gasteiger partial charge in [-0.15, -0.1) is 0 Å². The van der Waals surface area contributed by atoms with Crippen LogP contribution in [0.2, 0.25) is 0 Å². The highest BCUT2D eigenvalue weighted by Crippen LogP contribution is 2.25. The van der Waals surface area contributed by atoms with Crippen LogP contribution in [0.4, 0.5) is 5.69 Å². The Bertz CT molecular complexity index is 928. The van der Waals surface area contributed by atoms with Gasteiger partial charge in [-0.3, -0.25) is 4.79 Å². The summed E-state index contributed by atoms with van der Waals surface area (Å²) in [4.78, 5) is 12.2. The summed E-state index contributed by atoms with van der Waals surface area (Å²) < 4.78 is 12.2. The average Bonchev–Trinajstić information content (AvgIpc) is 2.68. The Morgan fingerprint density at radius 1 is 0.964 bits per heavy atom. The van der Waals surface area contributed by atoms with E-state index >= 15 is 0 Å². The van der Waals surface area contributed by atoms with Crippen molar-refractivity contribution in [3.63, 3.8) is 0 Å². The predicted octanol–water partition coefficient (Wildman–Crippen LogP) is 5.40. The SMILES string of the molecule is Cc1ccc(OCC(=O)Nc2cccc(OCCc3ccccc3)c2)c(Br)c1. The van der Waals surface area contributed by atoms with Gasteiger partial charge >= 0.3 is 0 Å². The predicted molar refractivity (Wildman–Crippen MR) is 115 cm³/mol. The molecule has 0 fully saturated rings. The molecule has 0 heterocycles. The number of nitrogens with one attached hydrogen (secondary N) is 1. The van der Waals surface area contributed by atoms with E-state index in [2.05, 4.69) is 33.4 Å². The molecule has 144 valence electrons. The van der Waals surface area contributed by atoms with Gasteiger partial charge < -0.3 is 14.8 Å². The van der Waals surface area contributed by atoms with E-state index in [4.69, 9.17) is 9.47 Å². The third kappa shape index (κ3) is 6.13. The lowest BCUT2D eigenvalue weighted by Crippen LogP contribution is -2.20. The van der Waals surface area contributed by atoms with Crippen LogP contribution in [0.3, 0.4) is 0 Å². The minimum Gasteiger partial charge on any atom is -0.493 e. The highest BCUT2D eigenvalue weighted by atomic mass is 79.9. The number of carbonyl (C=O) groups excluding carboxylic acids is 1. The summed E-state index contributed by atoms with van der Waals surface area (Å²) in [5.74, 6) is 1.13. The smallest absolute Gasteiger partial charge is 0.262 e. The summed E-state index contributed by atoms with van der Waals surface area (Å²) in [6.45, 7) is 2.50. The fraction of sp³-hybridized carbons (Fsp3) is 0.174. The first-order valence-electron chi connectivity index (χ1n) is 9.06. The van der Waals surface area contributed by atoms with E-state index < -0.39 is 0 Å². The van der Waals surface area contributed by atoms with Gasteiger partial charge in [0.05, 0.1) is 11.1 Å². The molecule has 3 rings (SSSR count). The largest absolute Gasteiger partial charge is 0.493 e. The van der Waals surface area contributed by atoms with Crippen molar-refractivity contribution in [3.8, 4) is 11.5 Å². The molecule has 0 saturated carbocycles. The van der Waals surface area contributed by atoms with Gasteiger partial charge in [-0.1, -0.05) is 42.5 Å². The fourth-order valence-corrected chi connectivity index (χ4v) is 3.27. The summed E-state index contributed by atoms with van der Waals surface area (Å²) in [5, 5.41) is 2.83. The molecular weight excluding hydrogens is 418 g/mol. The van der Waals surface area contributed by atoms with E-state index in [1.54, 1.807) is 0 Å². The van der Waals surface area contributed by atoms with Crippen LogP contribution in [0.1, 0.15) is 11.1 Å². The van der Waals surface area contributed by atoms with Gasteiger partial charge in [0, 0.05) is 18.2 Å². The average molecular weight is 440 g/mol. The van der Waals surface area contributed by atoms with Gasteiger partial charge in [0.25, 0.3) is 5.91 Å². The number of ether oxygens (including phenoxy) is 2. The van der Waals surface area contributed by atoms with E-state index in [0.717, 1.165) is 22.2 Å². The first-order chi connectivity index (χ1) is 13.6. The second-order valence-electron chi connectivity index (χ2n) is 6.38.